The summed E-state index contributed by atoms with van der Waals surface area (Å²) < 4.78 is 29.2. The van der Waals surface area contributed by atoms with Gasteiger partial charge in [-0.05, 0) is 81.2 Å². The van der Waals surface area contributed by atoms with Gasteiger partial charge in [0.1, 0.15) is 6.10 Å². The Morgan fingerprint density at radius 3 is 2.31 bits per heavy atom. The third-order valence-electron chi connectivity index (χ3n) is 8.12. The van der Waals surface area contributed by atoms with E-state index in [1.165, 1.54) is 25.5 Å². The number of pyridine rings is 1. The molecule has 2 saturated carbocycles. The molecule has 8 heteroatoms. The van der Waals surface area contributed by atoms with E-state index in [1.54, 1.807) is 12.1 Å². The highest BCUT2D eigenvalue weighted by atomic mass is 32.2. The maximum absolute atomic E-state index is 12.7. The number of benzene rings is 1. The molecule has 2 aromatic rings. The van der Waals surface area contributed by atoms with Crippen LogP contribution in [0.3, 0.4) is 0 Å². The van der Waals surface area contributed by atoms with Crippen LogP contribution in [0, 0.1) is 11.8 Å². The number of fused-ring (bicyclic) bond motifs is 2. The molecule has 0 unspecified atom stereocenters. The molecule has 0 N–H and O–H groups in total. The molecular weight excluding hydrogens is 462 g/mol. The minimum absolute atomic E-state index is 0.120. The van der Waals surface area contributed by atoms with Crippen LogP contribution in [0.15, 0.2) is 47.5 Å². The number of amides is 1. The van der Waals surface area contributed by atoms with Crippen molar-refractivity contribution in [3.8, 4) is 11.1 Å². The Labute approximate surface area is 208 Å². The van der Waals surface area contributed by atoms with Crippen LogP contribution >= 0.6 is 0 Å². The highest BCUT2D eigenvalue weighted by molar-refractivity contribution is 7.90. The molecule has 0 radical (unpaired) electrons. The molecule has 1 aliphatic heterocycles. The Morgan fingerprint density at radius 2 is 1.74 bits per heavy atom. The van der Waals surface area contributed by atoms with E-state index in [1.807, 2.05) is 35.4 Å². The second-order valence-corrected chi connectivity index (χ2v) is 12.6. The molecular formula is C27H35N3O4S. The average Bonchev–Trinajstić information content (AvgIpc) is 3.48. The molecule has 2 aliphatic carbocycles. The van der Waals surface area contributed by atoms with Crippen molar-refractivity contribution in [3.63, 3.8) is 0 Å². The van der Waals surface area contributed by atoms with Crippen molar-refractivity contribution < 1.29 is 17.9 Å². The third kappa shape index (κ3) is 5.54. The Kier molecular flexibility index (Phi) is 6.86. The zero-order valence-electron chi connectivity index (χ0n) is 20.6. The predicted molar refractivity (Wildman–Crippen MR) is 135 cm³/mol. The molecule has 7 nitrogen and oxygen atoms in total. The Balaban J connectivity index is 1.10. The van der Waals surface area contributed by atoms with E-state index >= 15 is 0 Å². The van der Waals surface area contributed by atoms with Gasteiger partial charge in [-0.2, -0.15) is 0 Å². The highest BCUT2D eigenvalue weighted by Gasteiger charge is 2.42. The molecule has 5 rings (SSSR count). The number of piperidine rings is 1. The summed E-state index contributed by atoms with van der Waals surface area (Å²) in [5, 5.41) is 0. The number of hydrogen-bond donors (Lipinski definition) is 0. The first kappa shape index (κ1) is 24.3. The summed E-state index contributed by atoms with van der Waals surface area (Å²) in [5.41, 5.74) is 2.88. The number of likely N-dealkylation sites (tertiary alicyclic amines) is 1. The van der Waals surface area contributed by atoms with Gasteiger partial charge in [-0.1, -0.05) is 18.2 Å². The molecule has 188 valence electrons. The van der Waals surface area contributed by atoms with Gasteiger partial charge >= 0.3 is 6.09 Å². The first-order chi connectivity index (χ1) is 16.8. The lowest BCUT2D eigenvalue weighted by Gasteiger charge is -2.37. The molecule has 3 aliphatic rings. The number of rotatable bonds is 6. The largest absolute Gasteiger partial charge is 0.446 e. The van der Waals surface area contributed by atoms with Gasteiger partial charge in [0.25, 0.3) is 0 Å². The van der Waals surface area contributed by atoms with Crippen LogP contribution in [0.1, 0.15) is 44.2 Å². The van der Waals surface area contributed by atoms with Crippen molar-refractivity contribution in [1.82, 2.24) is 14.8 Å². The molecule has 35 heavy (non-hydrogen) atoms. The van der Waals surface area contributed by atoms with Crippen LogP contribution in [-0.4, -0.2) is 67.8 Å². The Morgan fingerprint density at radius 1 is 1.03 bits per heavy atom. The lowest BCUT2D eigenvalue weighted by molar-refractivity contribution is 0.0264. The van der Waals surface area contributed by atoms with Crippen molar-refractivity contribution in [1.29, 1.82) is 0 Å². The van der Waals surface area contributed by atoms with Crippen LogP contribution in [0.4, 0.5) is 4.79 Å². The lowest BCUT2D eigenvalue weighted by Crippen LogP contribution is -2.46. The second kappa shape index (κ2) is 9.90. The fourth-order valence-electron chi connectivity index (χ4n) is 5.99. The molecule has 2 heterocycles. The fourth-order valence-corrected chi connectivity index (χ4v) is 6.62. The third-order valence-corrected chi connectivity index (χ3v) is 9.25. The first-order valence-electron chi connectivity index (χ1n) is 12.7. The number of hydrogen-bond acceptors (Lipinski definition) is 6. The van der Waals surface area contributed by atoms with Gasteiger partial charge in [0.05, 0.1) is 10.6 Å². The number of carbonyl (C=O) groups excluding carboxylic acids is 1. The van der Waals surface area contributed by atoms with E-state index in [0.717, 1.165) is 61.6 Å². The van der Waals surface area contributed by atoms with Crippen LogP contribution in [0.2, 0.25) is 0 Å². The SMILES string of the molecule is CN(Cc1ccc(-c2ccc(S(C)(=O)=O)cc2)cn1)C1CCN(C(=O)O[C@H]2C[C@@H]3CC[C@@H]2C3)CC1. The fraction of sp³-hybridized carbons (Fsp3) is 0.556. The van der Waals surface area contributed by atoms with E-state index in [4.69, 9.17) is 4.74 Å². The normalized spacial score (nSPS) is 24.8. The van der Waals surface area contributed by atoms with E-state index in [2.05, 4.69) is 16.9 Å². The first-order valence-corrected chi connectivity index (χ1v) is 14.6. The van der Waals surface area contributed by atoms with E-state index in [-0.39, 0.29) is 12.2 Å². The monoisotopic (exact) mass is 497 g/mol. The van der Waals surface area contributed by atoms with Gasteiger partial charge in [0.15, 0.2) is 9.84 Å². The van der Waals surface area contributed by atoms with Crippen LogP contribution in [-0.2, 0) is 21.1 Å². The average molecular weight is 498 g/mol. The smallest absolute Gasteiger partial charge is 0.410 e. The molecule has 1 saturated heterocycles. The van der Waals surface area contributed by atoms with Crippen LogP contribution < -0.4 is 0 Å². The maximum Gasteiger partial charge on any atom is 0.410 e. The van der Waals surface area contributed by atoms with Crippen LogP contribution in [0.5, 0.6) is 0 Å². The summed E-state index contributed by atoms with van der Waals surface area (Å²) in [6, 6.07) is 11.4. The summed E-state index contributed by atoms with van der Waals surface area (Å²) in [6.07, 6.45) is 9.80. The summed E-state index contributed by atoms with van der Waals surface area (Å²) in [7, 11) is -1.08. The molecule has 1 aromatic carbocycles. The quantitative estimate of drug-likeness (QED) is 0.590. The zero-order chi connectivity index (χ0) is 24.6. The number of aromatic nitrogens is 1. The molecule has 3 atom stereocenters. The number of sulfone groups is 1. The van der Waals surface area contributed by atoms with Gasteiger partial charge in [-0.3, -0.25) is 9.88 Å². The van der Waals surface area contributed by atoms with Crippen LogP contribution in [0.25, 0.3) is 11.1 Å². The van der Waals surface area contributed by atoms with E-state index < -0.39 is 9.84 Å². The number of ether oxygens (including phenoxy) is 1. The standard InChI is InChI=1S/C27H35N3O4S/c1-29(18-23-8-5-22(17-28-23)20-6-9-25(10-7-20)35(2,32)33)24-11-13-30(14-12-24)27(31)34-26-16-19-3-4-21(26)15-19/h5-10,17,19,21,24,26H,3-4,11-16,18H2,1-2H3/t19-,21-,26+/m1/s1. The predicted octanol–water partition coefficient (Wildman–Crippen LogP) is 4.37. The van der Waals surface area contributed by atoms with Crippen molar-refractivity contribution >= 4 is 15.9 Å². The van der Waals surface area contributed by atoms with E-state index in [0.29, 0.717) is 16.9 Å². The summed E-state index contributed by atoms with van der Waals surface area (Å²) in [6.45, 7) is 2.22. The van der Waals surface area contributed by atoms with Crippen molar-refractivity contribution in [2.75, 3.05) is 26.4 Å². The minimum atomic E-state index is -3.20. The Bertz CT molecular complexity index is 1140. The molecule has 1 amide bonds. The van der Waals surface area contributed by atoms with Gasteiger partial charge < -0.3 is 9.64 Å². The summed E-state index contributed by atoms with van der Waals surface area (Å²) in [4.78, 5) is 21.8. The van der Waals surface area contributed by atoms with Crippen molar-refractivity contribution in [2.45, 2.75) is 62.1 Å². The zero-order valence-corrected chi connectivity index (χ0v) is 21.4. The van der Waals surface area contributed by atoms with Gasteiger partial charge in [0.2, 0.25) is 0 Å². The lowest BCUT2D eigenvalue weighted by atomic mass is 9.98. The summed E-state index contributed by atoms with van der Waals surface area (Å²) in [5.74, 6) is 1.37. The topological polar surface area (TPSA) is 79.8 Å². The molecule has 1 aromatic heterocycles. The number of nitrogens with zero attached hydrogens (tertiary/aromatic N) is 3. The molecule has 0 spiro atoms. The summed E-state index contributed by atoms with van der Waals surface area (Å²) >= 11 is 0. The van der Waals surface area contributed by atoms with Gasteiger partial charge in [-0.25, -0.2) is 13.2 Å². The van der Waals surface area contributed by atoms with Gasteiger partial charge in [0, 0.05) is 43.7 Å². The Hall–Kier alpha value is -2.45. The number of carbonyl (C=O) groups is 1. The second-order valence-electron chi connectivity index (χ2n) is 10.6. The van der Waals surface area contributed by atoms with E-state index in [9.17, 15) is 13.2 Å². The highest BCUT2D eigenvalue weighted by Crippen LogP contribution is 2.46. The van der Waals surface area contributed by atoms with Crippen molar-refractivity contribution in [3.05, 3.63) is 48.3 Å². The molecule has 3 fully saturated rings. The minimum Gasteiger partial charge on any atom is -0.446 e. The van der Waals surface area contributed by atoms with Crippen molar-refractivity contribution in [2.24, 2.45) is 11.8 Å². The maximum atomic E-state index is 12.7. The molecule has 2 bridgehead atoms. The van der Waals surface area contributed by atoms with Gasteiger partial charge in [-0.15, -0.1) is 0 Å².